The van der Waals surface area contributed by atoms with Crippen LogP contribution in [0.15, 0.2) is 47.3 Å². The number of aromatic nitrogens is 3. The SMILES string of the molecule is COCC(C)(C)C(=O)NCc1ccc(Cl)c(-c2nn(-c3ccc(C(F)(F)F)cc3)c(=O)[nH]2)c1. The zero-order valence-corrected chi connectivity index (χ0v) is 18.8. The van der Waals surface area contributed by atoms with Gasteiger partial charge < -0.3 is 10.1 Å². The number of nitrogens with one attached hydrogen (secondary N) is 2. The quantitative estimate of drug-likeness (QED) is 0.528. The molecule has 1 aromatic heterocycles. The fourth-order valence-corrected chi connectivity index (χ4v) is 3.33. The van der Waals surface area contributed by atoms with E-state index in [9.17, 15) is 22.8 Å². The summed E-state index contributed by atoms with van der Waals surface area (Å²) in [6, 6.07) is 9.05. The number of rotatable bonds is 7. The first-order chi connectivity index (χ1) is 15.4. The molecule has 7 nitrogen and oxygen atoms in total. The second-order valence-corrected chi connectivity index (χ2v) is 8.46. The van der Waals surface area contributed by atoms with Crippen molar-refractivity contribution in [1.82, 2.24) is 20.1 Å². The topological polar surface area (TPSA) is 89.0 Å². The first kappa shape index (κ1) is 24.5. The number of benzene rings is 2. The van der Waals surface area contributed by atoms with Crippen LogP contribution >= 0.6 is 11.6 Å². The molecular weight excluding hydrogens is 461 g/mol. The van der Waals surface area contributed by atoms with Gasteiger partial charge in [-0.1, -0.05) is 17.7 Å². The molecule has 0 aliphatic carbocycles. The fourth-order valence-electron chi connectivity index (χ4n) is 3.12. The van der Waals surface area contributed by atoms with Crippen molar-refractivity contribution in [3.8, 4) is 17.1 Å². The van der Waals surface area contributed by atoms with E-state index < -0.39 is 22.8 Å². The molecule has 33 heavy (non-hydrogen) atoms. The first-order valence-electron chi connectivity index (χ1n) is 9.85. The van der Waals surface area contributed by atoms with Gasteiger partial charge in [0.25, 0.3) is 0 Å². The first-order valence-corrected chi connectivity index (χ1v) is 10.2. The van der Waals surface area contributed by atoms with Crippen molar-refractivity contribution in [3.05, 3.63) is 69.1 Å². The van der Waals surface area contributed by atoms with Gasteiger partial charge in [0.1, 0.15) is 0 Å². The minimum Gasteiger partial charge on any atom is -0.384 e. The molecule has 0 saturated heterocycles. The number of aromatic amines is 1. The number of carbonyl (C=O) groups excluding carboxylic acids is 1. The Morgan fingerprint density at radius 3 is 2.45 bits per heavy atom. The van der Waals surface area contributed by atoms with Crippen LogP contribution in [0.4, 0.5) is 13.2 Å². The smallest absolute Gasteiger partial charge is 0.384 e. The molecule has 0 radical (unpaired) electrons. The molecule has 0 atom stereocenters. The Kier molecular flexibility index (Phi) is 6.99. The highest BCUT2D eigenvalue weighted by Gasteiger charge is 2.30. The van der Waals surface area contributed by atoms with Crippen LogP contribution in [0.25, 0.3) is 17.1 Å². The molecular formula is C22H22ClF3N4O3. The van der Waals surface area contributed by atoms with Gasteiger partial charge in [-0.25, -0.2) is 4.79 Å². The highest BCUT2D eigenvalue weighted by Crippen LogP contribution is 2.30. The van der Waals surface area contributed by atoms with Crippen LogP contribution < -0.4 is 11.0 Å². The van der Waals surface area contributed by atoms with Crippen molar-refractivity contribution < 1.29 is 22.7 Å². The van der Waals surface area contributed by atoms with E-state index >= 15 is 0 Å². The molecule has 1 heterocycles. The number of ether oxygens (including phenoxy) is 1. The van der Waals surface area contributed by atoms with E-state index in [2.05, 4.69) is 15.4 Å². The Bertz CT molecular complexity index is 1200. The van der Waals surface area contributed by atoms with Gasteiger partial charge in [-0.2, -0.15) is 17.9 Å². The van der Waals surface area contributed by atoms with E-state index in [1.807, 2.05) is 0 Å². The van der Waals surface area contributed by atoms with Crippen LogP contribution in [-0.4, -0.2) is 34.4 Å². The number of alkyl halides is 3. The van der Waals surface area contributed by atoms with Gasteiger partial charge in [-0.15, -0.1) is 5.10 Å². The van der Waals surface area contributed by atoms with Crippen LogP contribution in [0.2, 0.25) is 5.02 Å². The number of amides is 1. The lowest BCUT2D eigenvalue weighted by molar-refractivity contribution is -0.137. The number of H-pyrrole nitrogens is 1. The Balaban J connectivity index is 1.84. The average Bonchev–Trinajstić information content (AvgIpc) is 3.13. The summed E-state index contributed by atoms with van der Waals surface area (Å²) in [6.45, 7) is 3.99. The highest BCUT2D eigenvalue weighted by molar-refractivity contribution is 6.33. The summed E-state index contributed by atoms with van der Waals surface area (Å²) in [5.74, 6) is -0.0568. The van der Waals surface area contributed by atoms with Crippen molar-refractivity contribution in [2.75, 3.05) is 13.7 Å². The standard InChI is InChI=1S/C22H22ClF3N4O3/c1-21(2,12-33-3)19(31)27-11-13-4-9-17(23)16(10-13)18-28-20(32)30(29-18)15-7-5-14(6-8-15)22(24,25)26/h4-10H,11-12H2,1-3H3,(H,27,31)(H,28,29,32). The van der Waals surface area contributed by atoms with Crippen LogP contribution in [0.3, 0.4) is 0 Å². The van der Waals surface area contributed by atoms with Crippen LogP contribution in [-0.2, 0) is 22.3 Å². The maximum atomic E-state index is 12.8. The Hall–Kier alpha value is -3.11. The minimum atomic E-state index is -4.48. The summed E-state index contributed by atoms with van der Waals surface area (Å²) >= 11 is 6.29. The molecule has 0 bridgehead atoms. The van der Waals surface area contributed by atoms with Crippen molar-refractivity contribution in [1.29, 1.82) is 0 Å². The molecule has 0 spiro atoms. The monoisotopic (exact) mass is 482 g/mol. The van der Waals surface area contributed by atoms with Crippen LogP contribution in [0.1, 0.15) is 25.0 Å². The summed E-state index contributed by atoms with van der Waals surface area (Å²) in [4.78, 5) is 27.3. The van der Waals surface area contributed by atoms with E-state index in [1.165, 1.54) is 7.11 Å². The maximum Gasteiger partial charge on any atom is 0.416 e. The summed E-state index contributed by atoms with van der Waals surface area (Å²) in [5.41, 5.74) is -0.906. The lowest BCUT2D eigenvalue weighted by Crippen LogP contribution is -2.39. The van der Waals surface area contributed by atoms with Gasteiger partial charge in [-0.3, -0.25) is 9.78 Å². The van der Waals surface area contributed by atoms with Gasteiger partial charge in [-0.05, 0) is 55.8 Å². The third-order valence-electron chi connectivity index (χ3n) is 4.92. The molecule has 3 aromatic rings. The number of nitrogens with zero attached hydrogens (tertiary/aromatic N) is 2. The van der Waals surface area contributed by atoms with Gasteiger partial charge in [0.2, 0.25) is 5.91 Å². The molecule has 0 unspecified atom stereocenters. The summed E-state index contributed by atoms with van der Waals surface area (Å²) in [5, 5.41) is 7.32. The van der Waals surface area contributed by atoms with Crippen molar-refractivity contribution in [2.45, 2.75) is 26.6 Å². The number of carbonyl (C=O) groups is 1. The molecule has 0 aliphatic rings. The lowest BCUT2D eigenvalue weighted by atomic mass is 9.93. The molecule has 3 rings (SSSR count). The minimum absolute atomic E-state index is 0.137. The van der Waals surface area contributed by atoms with Gasteiger partial charge >= 0.3 is 11.9 Å². The lowest BCUT2D eigenvalue weighted by Gasteiger charge is -2.22. The van der Waals surface area contributed by atoms with Crippen molar-refractivity contribution in [2.24, 2.45) is 5.41 Å². The van der Waals surface area contributed by atoms with E-state index in [0.29, 0.717) is 16.1 Å². The average molecular weight is 483 g/mol. The van der Waals surface area contributed by atoms with Crippen molar-refractivity contribution in [3.63, 3.8) is 0 Å². The summed E-state index contributed by atoms with van der Waals surface area (Å²) in [7, 11) is 1.52. The Labute approximate surface area is 192 Å². The van der Waals surface area contributed by atoms with Crippen LogP contribution in [0, 0.1) is 5.41 Å². The highest BCUT2D eigenvalue weighted by atomic mass is 35.5. The normalized spacial score (nSPS) is 12.1. The second-order valence-electron chi connectivity index (χ2n) is 8.05. The fraction of sp³-hybridized carbons (Fsp3) is 0.318. The van der Waals surface area contributed by atoms with E-state index in [1.54, 1.807) is 32.0 Å². The molecule has 11 heteroatoms. The van der Waals surface area contributed by atoms with Gasteiger partial charge in [0.15, 0.2) is 5.82 Å². The summed E-state index contributed by atoms with van der Waals surface area (Å²) in [6.07, 6.45) is -4.48. The summed E-state index contributed by atoms with van der Waals surface area (Å²) < 4.78 is 44.4. The predicted molar refractivity (Wildman–Crippen MR) is 117 cm³/mol. The maximum absolute atomic E-state index is 12.8. The Morgan fingerprint density at radius 2 is 1.85 bits per heavy atom. The largest absolute Gasteiger partial charge is 0.416 e. The molecule has 2 N–H and O–H groups in total. The number of methoxy groups -OCH3 is 1. The van der Waals surface area contributed by atoms with E-state index in [-0.39, 0.29) is 30.6 Å². The Morgan fingerprint density at radius 1 is 1.18 bits per heavy atom. The van der Waals surface area contributed by atoms with Gasteiger partial charge in [0.05, 0.1) is 28.3 Å². The number of hydrogen-bond acceptors (Lipinski definition) is 4. The second kappa shape index (κ2) is 9.40. The molecule has 0 aliphatic heterocycles. The molecule has 0 saturated carbocycles. The van der Waals surface area contributed by atoms with Gasteiger partial charge in [0, 0.05) is 19.2 Å². The zero-order chi connectivity index (χ0) is 24.4. The molecule has 1 amide bonds. The molecule has 2 aromatic carbocycles. The van der Waals surface area contributed by atoms with E-state index in [0.717, 1.165) is 28.9 Å². The third-order valence-corrected chi connectivity index (χ3v) is 5.25. The van der Waals surface area contributed by atoms with Crippen molar-refractivity contribution >= 4 is 17.5 Å². The number of hydrogen-bond donors (Lipinski definition) is 2. The predicted octanol–water partition coefficient (Wildman–Crippen LogP) is 4.19. The third kappa shape index (κ3) is 5.63. The zero-order valence-electron chi connectivity index (χ0n) is 18.1. The molecule has 0 fully saturated rings. The van der Waals surface area contributed by atoms with Crippen LogP contribution in [0.5, 0.6) is 0 Å². The molecule has 176 valence electrons. The van der Waals surface area contributed by atoms with E-state index in [4.69, 9.17) is 16.3 Å². The number of halogens is 4.